The maximum absolute atomic E-state index is 14.1. The second-order valence-corrected chi connectivity index (χ2v) is 16.3. The standard InChI is InChI=1S/C44H42O8S3/c1-3-53-39(44(54-4-2)55-35-28-18-9-19-29-35)38(52-43(48)34-26-16-8-17-27-34)37(51-42(47)33-24-14-7-15-25-33)36(50-41(46)32-22-12-6-13-23-32)30-49-40(45)31-20-10-5-11-21-31/h5-29,36-39,44H,3-4,30H2,1-2H3/t36-,37-,38-,39+,44+/m1/s1. The highest BCUT2D eigenvalue weighted by atomic mass is 32.2. The Labute approximate surface area is 334 Å². The van der Waals surface area contributed by atoms with Gasteiger partial charge in [0.1, 0.15) is 6.61 Å². The molecule has 55 heavy (non-hydrogen) atoms. The van der Waals surface area contributed by atoms with E-state index in [1.807, 2.05) is 44.2 Å². The van der Waals surface area contributed by atoms with Crippen LogP contribution in [-0.4, -0.2) is 70.1 Å². The average Bonchev–Trinajstić information content (AvgIpc) is 3.24. The lowest BCUT2D eigenvalue weighted by atomic mass is 10.0. The van der Waals surface area contributed by atoms with E-state index in [1.54, 1.807) is 145 Å². The molecule has 5 aromatic carbocycles. The number of hydrogen-bond acceptors (Lipinski definition) is 11. The van der Waals surface area contributed by atoms with Gasteiger partial charge in [-0.05, 0) is 72.2 Å². The maximum Gasteiger partial charge on any atom is 0.338 e. The van der Waals surface area contributed by atoms with Gasteiger partial charge in [0.05, 0.1) is 32.1 Å². The molecular weight excluding hydrogens is 753 g/mol. The zero-order chi connectivity index (χ0) is 38.8. The van der Waals surface area contributed by atoms with E-state index in [0.717, 1.165) is 10.6 Å². The van der Waals surface area contributed by atoms with Crippen LogP contribution in [0.3, 0.4) is 0 Å². The first kappa shape index (κ1) is 41.2. The predicted octanol–water partition coefficient (Wildman–Crippen LogP) is 9.51. The molecule has 8 nitrogen and oxygen atoms in total. The van der Waals surface area contributed by atoms with E-state index in [1.165, 1.54) is 11.8 Å². The van der Waals surface area contributed by atoms with E-state index in [2.05, 4.69) is 0 Å². The largest absolute Gasteiger partial charge is 0.458 e. The number of ether oxygens (including phenoxy) is 4. The van der Waals surface area contributed by atoms with Crippen LogP contribution in [0.4, 0.5) is 0 Å². The molecule has 0 radical (unpaired) electrons. The molecule has 0 saturated carbocycles. The van der Waals surface area contributed by atoms with Crippen molar-refractivity contribution in [2.75, 3.05) is 18.1 Å². The van der Waals surface area contributed by atoms with E-state index in [-0.39, 0.29) is 26.8 Å². The van der Waals surface area contributed by atoms with E-state index in [9.17, 15) is 19.2 Å². The minimum Gasteiger partial charge on any atom is -0.458 e. The summed E-state index contributed by atoms with van der Waals surface area (Å²) in [5, 5.41) is -0.538. The molecule has 0 amide bonds. The van der Waals surface area contributed by atoms with Crippen molar-refractivity contribution in [3.63, 3.8) is 0 Å². The first-order valence-electron chi connectivity index (χ1n) is 17.8. The number of benzene rings is 5. The highest BCUT2D eigenvalue weighted by Gasteiger charge is 2.46. The van der Waals surface area contributed by atoms with E-state index in [0.29, 0.717) is 5.75 Å². The summed E-state index contributed by atoms with van der Waals surface area (Å²) in [4.78, 5) is 56.4. The van der Waals surface area contributed by atoms with Gasteiger partial charge >= 0.3 is 23.9 Å². The summed E-state index contributed by atoms with van der Waals surface area (Å²) in [7, 11) is 0. The Morgan fingerprint density at radius 3 is 1.29 bits per heavy atom. The van der Waals surface area contributed by atoms with Crippen LogP contribution in [0.1, 0.15) is 55.3 Å². The molecule has 0 spiro atoms. The Balaban J connectivity index is 1.65. The first-order valence-corrected chi connectivity index (χ1v) is 20.8. The normalized spacial score (nSPS) is 13.6. The molecule has 11 heteroatoms. The average molecular weight is 795 g/mol. The van der Waals surface area contributed by atoms with Crippen molar-refractivity contribution in [1.29, 1.82) is 0 Å². The SMILES string of the molecule is CCS[C@@H](Sc1ccccc1)[C@@H](SCC)[C@H](OC(=O)c1ccccc1)[C@H](OC(=O)c1ccccc1)[C@@H](COC(=O)c1ccccc1)OC(=O)c1ccccc1. The van der Waals surface area contributed by atoms with Crippen molar-refractivity contribution in [2.45, 2.75) is 46.9 Å². The summed E-state index contributed by atoms with van der Waals surface area (Å²) >= 11 is 4.79. The molecule has 5 aromatic rings. The van der Waals surface area contributed by atoms with Crippen molar-refractivity contribution in [3.05, 3.63) is 174 Å². The Morgan fingerprint density at radius 2 is 0.855 bits per heavy atom. The monoisotopic (exact) mass is 794 g/mol. The summed E-state index contributed by atoms with van der Waals surface area (Å²) in [5.41, 5.74) is 1.02. The molecular formula is C44H42O8S3. The smallest absolute Gasteiger partial charge is 0.338 e. The van der Waals surface area contributed by atoms with Gasteiger partial charge in [-0.3, -0.25) is 0 Å². The van der Waals surface area contributed by atoms with Gasteiger partial charge in [0.2, 0.25) is 0 Å². The summed E-state index contributed by atoms with van der Waals surface area (Å²) < 4.78 is 24.6. The molecule has 0 heterocycles. The van der Waals surface area contributed by atoms with Crippen molar-refractivity contribution >= 4 is 59.2 Å². The van der Waals surface area contributed by atoms with Crippen LogP contribution in [0.5, 0.6) is 0 Å². The van der Waals surface area contributed by atoms with Gasteiger partial charge < -0.3 is 18.9 Å². The van der Waals surface area contributed by atoms with Crippen LogP contribution in [0.25, 0.3) is 0 Å². The molecule has 0 aliphatic carbocycles. The fourth-order valence-corrected chi connectivity index (χ4v) is 9.89. The summed E-state index contributed by atoms with van der Waals surface area (Å²) in [6.45, 7) is 3.52. The quantitative estimate of drug-likeness (QED) is 0.0346. The Morgan fingerprint density at radius 1 is 0.473 bits per heavy atom. The van der Waals surface area contributed by atoms with Crippen LogP contribution in [0.2, 0.25) is 0 Å². The van der Waals surface area contributed by atoms with Crippen LogP contribution >= 0.6 is 35.3 Å². The topological polar surface area (TPSA) is 105 Å². The van der Waals surface area contributed by atoms with Gasteiger partial charge in [-0.2, -0.15) is 11.8 Å². The van der Waals surface area contributed by atoms with E-state index >= 15 is 0 Å². The van der Waals surface area contributed by atoms with Gasteiger partial charge in [0, 0.05) is 4.90 Å². The van der Waals surface area contributed by atoms with E-state index < -0.39 is 54.0 Å². The Bertz CT molecular complexity index is 1930. The molecule has 0 aromatic heterocycles. The zero-order valence-corrected chi connectivity index (χ0v) is 32.9. The lowest BCUT2D eigenvalue weighted by Crippen LogP contribution is -2.53. The van der Waals surface area contributed by atoms with Crippen LogP contribution < -0.4 is 0 Å². The van der Waals surface area contributed by atoms with Crippen molar-refractivity contribution < 1.29 is 38.1 Å². The fourth-order valence-electron chi connectivity index (χ4n) is 5.51. The molecule has 284 valence electrons. The molecule has 0 bridgehead atoms. The molecule has 0 fully saturated rings. The van der Waals surface area contributed by atoms with Gasteiger partial charge in [-0.15, -0.1) is 23.5 Å². The minimum atomic E-state index is -1.45. The highest BCUT2D eigenvalue weighted by molar-refractivity contribution is 8.18. The number of hydrogen-bond donors (Lipinski definition) is 0. The molecule has 5 atom stereocenters. The lowest BCUT2D eigenvalue weighted by molar-refractivity contribution is -0.101. The van der Waals surface area contributed by atoms with Crippen molar-refractivity contribution in [3.8, 4) is 0 Å². The van der Waals surface area contributed by atoms with Crippen molar-refractivity contribution in [2.24, 2.45) is 0 Å². The van der Waals surface area contributed by atoms with Gasteiger partial charge in [0.25, 0.3) is 0 Å². The molecule has 0 N–H and O–H groups in total. The molecule has 5 rings (SSSR count). The number of carbonyl (C=O) groups excluding carboxylic acids is 4. The second kappa shape index (κ2) is 21.8. The lowest BCUT2D eigenvalue weighted by Gasteiger charge is -2.38. The third-order valence-corrected chi connectivity index (χ3v) is 12.5. The predicted molar refractivity (Wildman–Crippen MR) is 220 cm³/mol. The van der Waals surface area contributed by atoms with E-state index in [4.69, 9.17) is 18.9 Å². The highest BCUT2D eigenvalue weighted by Crippen LogP contribution is 2.42. The maximum atomic E-state index is 14.1. The molecule has 0 saturated heterocycles. The Hall–Kier alpha value is -4.97. The number of thioether (sulfide) groups is 3. The number of esters is 4. The third kappa shape index (κ3) is 12.3. The van der Waals surface area contributed by atoms with Crippen LogP contribution in [0.15, 0.2) is 157 Å². The van der Waals surface area contributed by atoms with Crippen LogP contribution in [0, 0.1) is 0 Å². The third-order valence-electron chi connectivity index (χ3n) is 8.13. The second-order valence-electron chi connectivity index (χ2n) is 11.9. The van der Waals surface area contributed by atoms with Crippen molar-refractivity contribution in [1.82, 2.24) is 0 Å². The number of rotatable bonds is 19. The van der Waals surface area contributed by atoms with Gasteiger partial charge in [-0.1, -0.05) is 105 Å². The zero-order valence-electron chi connectivity index (χ0n) is 30.4. The number of carbonyl (C=O) groups is 4. The Kier molecular flexibility index (Phi) is 16.3. The van der Waals surface area contributed by atoms with Gasteiger partial charge in [0.15, 0.2) is 18.3 Å². The minimum absolute atomic E-state index is 0.228. The summed E-state index contributed by atoms with van der Waals surface area (Å²) in [6, 6.07) is 43.5. The van der Waals surface area contributed by atoms with Crippen LogP contribution in [-0.2, 0) is 18.9 Å². The first-order chi connectivity index (χ1) is 26.9. The molecule has 0 aliphatic rings. The fraction of sp³-hybridized carbons (Fsp3) is 0.227. The molecule has 0 unspecified atom stereocenters. The summed E-state index contributed by atoms with van der Waals surface area (Å²) in [6.07, 6.45) is -4.08. The van der Waals surface area contributed by atoms with Gasteiger partial charge in [-0.25, -0.2) is 19.2 Å². The summed E-state index contributed by atoms with van der Waals surface area (Å²) in [5.74, 6) is -1.49. The molecule has 0 aliphatic heterocycles.